The molecule has 0 saturated heterocycles. The number of allylic oxidation sites excluding steroid dienone is 1. The summed E-state index contributed by atoms with van der Waals surface area (Å²) in [6, 6.07) is 16.0. The molecule has 0 radical (unpaired) electrons. The lowest BCUT2D eigenvalue weighted by Gasteiger charge is -1.98. The second-order valence-corrected chi connectivity index (χ2v) is 4.40. The first-order chi connectivity index (χ1) is 9.74. The summed E-state index contributed by atoms with van der Waals surface area (Å²) in [5.41, 5.74) is 1.06. The number of ketones is 1. The third kappa shape index (κ3) is 2.34. The van der Waals surface area contributed by atoms with Crippen LogP contribution in [0, 0.1) is 0 Å². The summed E-state index contributed by atoms with van der Waals surface area (Å²) >= 11 is 0. The minimum Gasteiger partial charge on any atom is -0.507 e. The van der Waals surface area contributed by atoms with Gasteiger partial charge in [0.2, 0.25) is 0 Å². The summed E-state index contributed by atoms with van der Waals surface area (Å²) in [6.07, 6.45) is 3.00. The van der Waals surface area contributed by atoms with Crippen molar-refractivity contribution in [2.75, 3.05) is 0 Å². The fourth-order valence-electron chi connectivity index (χ4n) is 2.01. The molecule has 98 valence electrons. The Bertz CT molecular complexity index is 764. The number of benzene rings is 2. The molecule has 3 nitrogen and oxygen atoms in total. The second kappa shape index (κ2) is 5.05. The predicted octanol–water partition coefficient (Wildman–Crippen LogP) is 4.03. The zero-order valence-electron chi connectivity index (χ0n) is 10.6. The van der Waals surface area contributed by atoms with Crippen molar-refractivity contribution < 1.29 is 14.3 Å². The number of hydrogen-bond donors (Lipinski definition) is 1. The highest BCUT2D eigenvalue weighted by molar-refractivity contribution is 6.08. The first-order valence-electron chi connectivity index (χ1n) is 6.23. The number of para-hydroxylation sites is 2. The molecule has 0 bridgehead atoms. The minimum atomic E-state index is -0.261. The molecule has 0 amide bonds. The molecule has 1 aromatic heterocycles. The van der Waals surface area contributed by atoms with Crippen LogP contribution in [-0.2, 0) is 0 Å². The normalized spacial score (nSPS) is 11.2. The highest BCUT2D eigenvalue weighted by Crippen LogP contribution is 2.21. The van der Waals surface area contributed by atoms with Crippen molar-refractivity contribution in [3.63, 3.8) is 0 Å². The molecule has 0 spiro atoms. The molecule has 1 N–H and O–H groups in total. The van der Waals surface area contributed by atoms with Crippen LogP contribution in [0.4, 0.5) is 0 Å². The number of phenols is 1. The van der Waals surface area contributed by atoms with E-state index in [1.54, 1.807) is 24.3 Å². The van der Waals surface area contributed by atoms with E-state index in [0.717, 1.165) is 11.0 Å². The second-order valence-electron chi connectivity index (χ2n) is 4.40. The van der Waals surface area contributed by atoms with Crippen molar-refractivity contribution in [2.24, 2.45) is 0 Å². The molecule has 3 rings (SSSR count). The van der Waals surface area contributed by atoms with Crippen molar-refractivity contribution in [1.82, 2.24) is 0 Å². The van der Waals surface area contributed by atoms with Gasteiger partial charge in [0.25, 0.3) is 0 Å². The molecule has 1 heterocycles. The topological polar surface area (TPSA) is 50.4 Å². The van der Waals surface area contributed by atoms with Crippen molar-refractivity contribution >= 4 is 22.8 Å². The molecule has 0 atom stereocenters. The molecule has 0 unspecified atom stereocenters. The van der Waals surface area contributed by atoms with Crippen LogP contribution in [0.3, 0.4) is 0 Å². The molecule has 3 heteroatoms. The smallest absolute Gasteiger partial charge is 0.189 e. The van der Waals surface area contributed by atoms with E-state index in [9.17, 15) is 9.90 Å². The number of fused-ring (bicyclic) bond motifs is 1. The number of hydrogen-bond acceptors (Lipinski definition) is 3. The summed E-state index contributed by atoms with van der Waals surface area (Å²) < 4.78 is 5.58. The molecule has 0 aliphatic carbocycles. The number of carbonyl (C=O) groups excluding carboxylic acids is 1. The van der Waals surface area contributed by atoms with Gasteiger partial charge in [0, 0.05) is 5.39 Å². The number of carbonyl (C=O) groups is 1. The first-order valence-corrected chi connectivity index (χ1v) is 6.23. The quantitative estimate of drug-likeness (QED) is 0.574. The van der Waals surface area contributed by atoms with Crippen molar-refractivity contribution in [3.05, 3.63) is 72.0 Å². The van der Waals surface area contributed by atoms with Gasteiger partial charge in [-0.1, -0.05) is 30.3 Å². The van der Waals surface area contributed by atoms with Crippen LogP contribution in [0.15, 0.2) is 65.1 Å². The Morgan fingerprint density at radius 3 is 2.60 bits per heavy atom. The average molecular weight is 264 g/mol. The minimum absolute atomic E-state index is 0.0215. The summed E-state index contributed by atoms with van der Waals surface area (Å²) in [5, 5.41) is 10.6. The molecule has 0 aliphatic heterocycles. The number of furan rings is 1. The monoisotopic (exact) mass is 264 g/mol. The molecule has 0 aliphatic rings. The van der Waals surface area contributed by atoms with E-state index >= 15 is 0 Å². The Kier molecular flexibility index (Phi) is 3.09. The standard InChI is InChI=1S/C17H12O3/c18-15-7-3-2-6-14(15)16(19)10-9-13-11-12-5-1-4-8-17(12)20-13/h1-11,18H. The molecule has 20 heavy (non-hydrogen) atoms. The van der Waals surface area contributed by atoms with Crippen LogP contribution in [0.2, 0.25) is 0 Å². The third-order valence-electron chi connectivity index (χ3n) is 3.01. The lowest BCUT2D eigenvalue weighted by molar-refractivity contribution is 0.104. The number of phenolic OH excluding ortho intramolecular Hbond substituents is 1. The highest BCUT2D eigenvalue weighted by atomic mass is 16.3. The van der Waals surface area contributed by atoms with Gasteiger partial charge in [-0.15, -0.1) is 0 Å². The zero-order chi connectivity index (χ0) is 13.9. The summed E-state index contributed by atoms with van der Waals surface area (Å²) in [4.78, 5) is 12.0. The van der Waals surface area contributed by atoms with Crippen LogP contribution in [-0.4, -0.2) is 10.9 Å². The van der Waals surface area contributed by atoms with Crippen LogP contribution < -0.4 is 0 Å². The van der Waals surface area contributed by atoms with Gasteiger partial charge in [-0.25, -0.2) is 0 Å². The van der Waals surface area contributed by atoms with Crippen molar-refractivity contribution in [3.8, 4) is 5.75 Å². The fraction of sp³-hybridized carbons (Fsp3) is 0. The van der Waals surface area contributed by atoms with Crippen LogP contribution >= 0.6 is 0 Å². The van der Waals surface area contributed by atoms with Crippen molar-refractivity contribution in [2.45, 2.75) is 0 Å². The van der Waals surface area contributed by atoms with E-state index < -0.39 is 0 Å². The van der Waals surface area contributed by atoms with Gasteiger partial charge in [-0.3, -0.25) is 4.79 Å². The molecule has 0 fully saturated rings. The van der Waals surface area contributed by atoms with Crippen LogP contribution in [0.25, 0.3) is 17.0 Å². The number of rotatable bonds is 3. The van der Waals surface area contributed by atoms with Gasteiger partial charge >= 0.3 is 0 Å². The Balaban J connectivity index is 1.87. The van der Waals surface area contributed by atoms with E-state index in [0.29, 0.717) is 5.76 Å². The summed E-state index contributed by atoms with van der Waals surface area (Å²) in [5.74, 6) is 0.324. The van der Waals surface area contributed by atoms with Gasteiger partial charge in [-0.05, 0) is 36.4 Å². The van der Waals surface area contributed by atoms with Crippen LogP contribution in [0.1, 0.15) is 16.1 Å². The molecule has 3 aromatic rings. The van der Waals surface area contributed by atoms with Gasteiger partial charge in [-0.2, -0.15) is 0 Å². The van der Waals surface area contributed by atoms with Crippen LogP contribution in [0.5, 0.6) is 5.75 Å². The van der Waals surface area contributed by atoms with E-state index in [1.807, 2.05) is 30.3 Å². The Morgan fingerprint density at radius 1 is 1.05 bits per heavy atom. The van der Waals surface area contributed by atoms with Gasteiger partial charge in [0.1, 0.15) is 17.1 Å². The lowest BCUT2D eigenvalue weighted by Crippen LogP contribution is -1.93. The largest absolute Gasteiger partial charge is 0.507 e. The first kappa shape index (κ1) is 12.2. The average Bonchev–Trinajstić information content (AvgIpc) is 2.88. The fourth-order valence-corrected chi connectivity index (χ4v) is 2.01. The number of aromatic hydroxyl groups is 1. The predicted molar refractivity (Wildman–Crippen MR) is 77.7 cm³/mol. The van der Waals surface area contributed by atoms with E-state index in [2.05, 4.69) is 0 Å². The van der Waals surface area contributed by atoms with E-state index in [-0.39, 0.29) is 17.1 Å². The maximum absolute atomic E-state index is 12.0. The molecular formula is C17H12O3. The zero-order valence-corrected chi connectivity index (χ0v) is 10.6. The van der Waals surface area contributed by atoms with Crippen molar-refractivity contribution in [1.29, 1.82) is 0 Å². The van der Waals surface area contributed by atoms with E-state index in [4.69, 9.17) is 4.42 Å². The maximum Gasteiger partial charge on any atom is 0.189 e. The molecular weight excluding hydrogens is 252 g/mol. The lowest BCUT2D eigenvalue weighted by atomic mass is 10.1. The highest BCUT2D eigenvalue weighted by Gasteiger charge is 2.07. The third-order valence-corrected chi connectivity index (χ3v) is 3.01. The van der Waals surface area contributed by atoms with E-state index in [1.165, 1.54) is 12.1 Å². The Hall–Kier alpha value is -2.81. The maximum atomic E-state index is 12.0. The molecule has 0 saturated carbocycles. The Labute approximate surface area is 115 Å². The molecule has 2 aromatic carbocycles. The summed E-state index contributed by atoms with van der Waals surface area (Å²) in [6.45, 7) is 0. The summed E-state index contributed by atoms with van der Waals surface area (Å²) in [7, 11) is 0. The Morgan fingerprint density at radius 2 is 1.80 bits per heavy atom. The van der Waals surface area contributed by atoms with Gasteiger partial charge in [0.15, 0.2) is 5.78 Å². The van der Waals surface area contributed by atoms with Gasteiger partial charge < -0.3 is 9.52 Å². The SMILES string of the molecule is O=C(C=Cc1cc2ccccc2o1)c1ccccc1O. The van der Waals surface area contributed by atoms with Gasteiger partial charge in [0.05, 0.1) is 5.56 Å².